The van der Waals surface area contributed by atoms with Crippen molar-refractivity contribution in [1.29, 1.82) is 0 Å². The normalized spacial score (nSPS) is 14.0. The molecule has 0 fully saturated rings. The Hall–Kier alpha value is -2.51. The van der Waals surface area contributed by atoms with Crippen molar-refractivity contribution in [2.24, 2.45) is 7.05 Å². The number of aryl methyl sites for hydroxylation is 1. The Kier molecular flexibility index (Phi) is 5.96. The summed E-state index contributed by atoms with van der Waals surface area (Å²) in [6.07, 6.45) is 4.32. The van der Waals surface area contributed by atoms with Crippen LogP contribution in [0.5, 0.6) is 0 Å². The van der Waals surface area contributed by atoms with Crippen LogP contribution in [-0.2, 0) is 17.1 Å². The molecule has 0 aliphatic rings. The highest BCUT2D eigenvalue weighted by Crippen LogP contribution is 2.25. The van der Waals surface area contributed by atoms with Gasteiger partial charge in [-0.15, -0.1) is 0 Å². The molecule has 0 radical (unpaired) electrons. The molecule has 2 aromatic carbocycles. The fourth-order valence-corrected chi connectivity index (χ4v) is 4.20. The second kappa shape index (κ2) is 8.24. The molecule has 7 heteroatoms. The molecule has 3 rings (SSSR count). The Bertz CT molecular complexity index is 1030. The lowest BCUT2D eigenvalue weighted by atomic mass is 9.99. The Morgan fingerprint density at radius 3 is 2.21 bits per heavy atom. The number of nitrogens with one attached hydrogen (secondary N) is 1. The van der Waals surface area contributed by atoms with E-state index in [1.54, 1.807) is 48.3 Å². The molecule has 3 aromatic rings. The molecule has 2 atom stereocenters. The average molecular weight is 402 g/mol. The van der Waals surface area contributed by atoms with E-state index in [2.05, 4.69) is 23.6 Å². The lowest BCUT2D eigenvalue weighted by Gasteiger charge is -2.19. The van der Waals surface area contributed by atoms with Crippen molar-refractivity contribution in [2.45, 2.75) is 37.1 Å². The largest absolute Gasteiger partial charge is 0.336 e. The van der Waals surface area contributed by atoms with Gasteiger partial charge in [0.25, 0.3) is 0 Å². The van der Waals surface area contributed by atoms with Crippen LogP contribution in [-0.4, -0.2) is 18.0 Å². The summed E-state index contributed by atoms with van der Waals surface area (Å²) < 4.78 is 43.8. The highest BCUT2D eigenvalue weighted by molar-refractivity contribution is 7.89. The third-order valence-electron chi connectivity index (χ3n) is 4.96. The summed E-state index contributed by atoms with van der Waals surface area (Å²) in [5.74, 6) is 0.501. The molecule has 2 unspecified atom stereocenters. The predicted molar refractivity (Wildman–Crippen MR) is 107 cm³/mol. The summed E-state index contributed by atoms with van der Waals surface area (Å²) in [6, 6.07) is 11.9. The zero-order valence-electron chi connectivity index (χ0n) is 16.1. The Balaban J connectivity index is 1.95. The monoisotopic (exact) mass is 401 g/mol. The van der Waals surface area contributed by atoms with E-state index in [0.29, 0.717) is 17.3 Å². The van der Waals surface area contributed by atoms with Gasteiger partial charge < -0.3 is 4.57 Å². The van der Waals surface area contributed by atoms with Crippen molar-refractivity contribution in [3.05, 3.63) is 83.7 Å². The average Bonchev–Trinajstić information content (AvgIpc) is 3.12. The topological polar surface area (TPSA) is 64.0 Å². The SMILES string of the molecule is CCC(C)c1ccc(S(=O)(=O)NC(c2ccc(F)cc2)c2nccn2C)cc1. The van der Waals surface area contributed by atoms with Gasteiger partial charge in [-0.1, -0.05) is 38.1 Å². The number of rotatable bonds is 7. The number of hydrogen-bond donors (Lipinski definition) is 1. The fourth-order valence-electron chi connectivity index (χ4n) is 3.01. The van der Waals surface area contributed by atoms with Crippen molar-refractivity contribution in [3.63, 3.8) is 0 Å². The van der Waals surface area contributed by atoms with Crippen LogP contribution < -0.4 is 4.72 Å². The summed E-state index contributed by atoms with van der Waals surface area (Å²) in [5.41, 5.74) is 1.70. The maximum absolute atomic E-state index is 13.3. The minimum Gasteiger partial charge on any atom is -0.336 e. The molecular weight excluding hydrogens is 377 g/mol. The number of sulfonamides is 1. The zero-order chi connectivity index (χ0) is 20.3. The highest BCUT2D eigenvalue weighted by Gasteiger charge is 2.26. The Labute approximate surface area is 165 Å². The van der Waals surface area contributed by atoms with E-state index in [4.69, 9.17) is 0 Å². The second-order valence-corrected chi connectivity index (χ2v) is 8.59. The number of benzene rings is 2. The molecule has 0 amide bonds. The minimum atomic E-state index is -3.81. The van der Waals surface area contributed by atoms with Crippen LogP contribution in [0.25, 0.3) is 0 Å². The van der Waals surface area contributed by atoms with Gasteiger partial charge in [0.15, 0.2) is 0 Å². The van der Waals surface area contributed by atoms with E-state index >= 15 is 0 Å². The van der Waals surface area contributed by atoms with Crippen LogP contribution in [0.2, 0.25) is 0 Å². The Morgan fingerprint density at radius 2 is 1.68 bits per heavy atom. The van der Waals surface area contributed by atoms with Crippen LogP contribution >= 0.6 is 0 Å². The van der Waals surface area contributed by atoms with Gasteiger partial charge in [0, 0.05) is 19.4 Å². The van der Waals surface area contributed by atoms with E-state index in [1.807, 2.05) is 12.1 Å². The summed E-state index contributed by atoms with van der Waals surface area (Å²) in [4.78, 5) is 4.46. The smallest absolute Gasteiger partial charge is 0.241 e. The van der Waals surface area contributed by atoms with Gasteiger partial charge in [0.1, 0.15) is 17.7 Å². The molecular formula is C21H24FN3O2S. The van der Waals surface area contributed by atoms with Crippen molar-refractivity contribution >= 4 is 10.0 Å². The molecule has 0 aliphatic heterocycles. The molecule has 0 spiro atoms. The lowest BCUT2D eigenvalue weighted by molar-refractivity contribution is 0.562. The van der Waals surface area contributed by atoms with Gasteiger partial charge in [0.2, 0.25) is 10.0 Å². The fraction of sp³-hybridized carbons (Fsp3) is 0.286. The Morgan fingerprint density at radius 1 is 1.07 bits per heavy atom. The van der Waals surface area contributed by atoms with Gasteiger partial charge >= 0.3 is 0 Å². The summed E-state index contributed by atoms with van der Waals surface area (Å²) in [7, 11) is -2.02. The zero-order valence-corrected chi connectivity index (χ0v) is 16.9. The minimum absolute atomic E-state index is 0.181. The number of nitrogens with zero attached hydrogens (tertiary/aromatic N) is 2. The van der Waals surface area contributed by atoms with Gasteiger partial charge in [0.05, 0.1) is 4.90 Å². The first-order chi connectivity index (χ1) is 13.3. The van der Waals surface area contributed by atoms with Crippen LogP contribution in [0.3, 0.4) is 0 Å². The first kappa shape index (κ1) is 20.2. The molecule has 0 saturated carbocycles. The molecule has 5 nitrogen and oxygen atoms in total. The third kappa shape index (κ3) is 4.31. The van der Waals surface area contributed by atoms with E-state index in [0.717, 1.165) is 12.0 Å². The number of imidazole rings is 1. The van der Waals surface area contributed by atoms with Crippen LogP contribution in [0.4, 0.5) is 4.39 Å². The molecule has 1 N–H and O–H groups in total. The van der Waals surface area contributed by atoms with Crippen molar-refractivity contribution in [3.8, 4) is 0 Å². The van der Waals surface area contributed by atoms with E-state index in [9.17, 15) is 12.8 Å². The van der Waals surface area contributed by atoms with Gasteiger partial charge in [-0.2, -0.15) is 4.72 Å². The van der Waals surface area contributed by atoms with E-state index < -0.39 is 16.1 Å². The van der Waals surface area contributed by atoms with Crippen LogP contribution in [0.15, 0.2) is 65.8 Å². The van der Waals surface area contributed by atoms with E-state index in [1.165, 1.54) is 12.1 Å². The maximum Gasteiger partial charge on any atom is 0.241 e. The van der Waals surface area contributed by atoms with Gasteiger partial charge in [-0.05, 0) is 47.7 Å². The number of hydrogen-bond acceptors (Lipinski definition) is 3. The van der Waals surface area contributed by atoms with Crippen LogP contribution in [0.1, 0.15) is 49.2 Å². The maximum atomic E-state index is 13.3. The standard InChI is InChI=1S/C21H24FN3O2S/c1-4-15(2)16-7-11-19(12-8-16)28(26,27)24-20(21-23-13-14-25(21)3)17-5-9-18(22)10-6-17/h5-15,20,24H,4H2,1-3H3. The first-order valence-corrected chi connectivity index (χ1v) is 10.6. The summed E-state index contributed by atoms with van der Waals surface area (Å²) >= 11 is 0. The summed E-state index contributed by atoms with van der Waals surface area (Å²) in [6.45, 7) is 4.20. The predicted octanol–water partition coefficient (Wildman–Crippen LogP) is 4.14. The molecule has 148 valence electrons. The highest BCUT2D eigenvalue weighted by atomic mass is 32.2. The van der Waals surface area contributed by atoms with Gasteiger partial charge in [-0.25, -0.2) is 17.8 Å². The molecule has 1 heterocycles. The van der Waals surface area contributed by atoms with Crippen LogP contribution in [0, 0.1) is 5.82 Å². The molecule has 0 aliphatic carbocycles. The number of halogens is 1. The van der Waals surface area contributed by atoms with Crippen molar-refractivity contribution < 1.29 is 12.8 Å². The van der Waals surface area contributed by atoms with Gasteiger partial charge in [-0.3, -0.25) is 0 Å². The molecule has 1 aromatic heterocycles. The molecule has 0 saturated heterocycles. The van der Waals surface area contributed by atoms with Crippen molar-refractivity contribution in [1.82, 2.24) is 14.3 Å². The molecule has 28 heavy (non-hydrogen) atoms. The lowest BCUT2D eigenvalue weighted by Crippen LogP contribution is -2.31. The van der Waals surface area contributed by atoms with E-state index in [-0.39, 0.29) is 10.7 Å². The quantitative estimate of drug-likeness (QED) is 0.647. The molecule has 0 bridgehead atoms. The first-order valence-electron chi connectivity index (χ1n) is 9.16. The number of aromatic nitrogens is 2. The second-order valence-electron chi connectivity index (χ2n) is 6.88. The summed E-state index contributed by atoms with van der Waals surface area (Å²) in [5, 5.41) is 0. The van der Waals surface area contributed by atoms with Crippen molar-refractivity contribution in [2.75, 3.05) is 0 Å². The third-order valence-corrected chi connectivity index (χ3v) is 6.40.